The molecule has 1 rings (SSSR count). The Morgan fingerprint density at radius 2 is 1.39 bits per heavy atom. The van der Waals surface area contributed by atoms with E-state index in [0.29, 0.717) is 30.2 Å². The lowest BCUT2D eigenvalue weighted by atomic mass is 9.86. The summed E-state index contributed by atoms with van der Waals surface area (Å²) in [7, 11) is 1.13. The van der Waals surface area contributed by atoms with Crippen molar-refractivity contribution in [3.63, 3.8) is 0 Å². The second-order valence-corrected chi connectivity index (χ2v) is 9.77. The zero-order valence-electron chi connectivity index (χ0n) is 22.8. The highest BCUT2D eigenvalue weighted by Gasteiger charge is 2.37. The van der Waals surface area contributed by atoms with Gasteiger partial charge in [0.1, 0.15) is 11.6 Å². The fourth-order valence-corrected chi connectivity index (χ4v) is 3.19. The van der Waals surface area contributed by atoms with Crippen LogP contribution in [0.5, 0.6) is 11.5 Å². The molecule has 0 amide bonds. The van der Waals surface area contributed by atoms with Gasteiger partial charge in [-0.1, -0.05) is 33.8 Å². The van der Waals surface area contributed by atoms with Gasteiger partial charge in [0.2, 0.25) is 0 Å². The van der Waals surface area contributed by atoms with Gasteiger partial charge in [0.25, 0.3) is 0 Å². The molecule has 0 saturated heterocycles. The number of hydrogen-bond donors (Lipinski definition) is 2. The van der Waals surface area contributed by atoms with Crippen LogP contribution in [-0.4, -0.2) is 61.5 Å². The quantitative estimate of drug-likeness (QED) is 0.189. The molecule has 0 bridgehead atoms. The lowest BCUT2D eigenvalue weighted by molar-refractivity contribution is -0.144. The number of benzene rings is 1. The number of aliphatic carboxylic acids is 1. The first-order valence-electron chi connectivity index (χ1n) is 12.3. The van der Waals surface area contributed by atoms with E-state index in [2.05, 4.69) is 4.74 Å². The van der Waals surface area contributed by atoms with Gasteiger partial charge >= 0.3 is 24.4 Å². The van der Waals surface area contributed by atoms with Crippen molar-refractivity contribution < 1.29 is 52.7 Å². The van der Waals surface area contributed by atoms with Crippen molar-refractivity contribution in [1.29, 1.82) is 0 Å². The van der Waals surface area contributed by atoms with Gasteiger partial charge in [-0.05, 0) is 49.3 Å². The number of ether oxygens (including phenoxy) is 6. The van der Waals surface area contributed by atoms with Crippen molar-refractivity contribution in [2.24, 2.45) is 17.6 Å². The third kappa shape index (κ3) is 12.1. The molecule has 0 heterocycles. The Labute approximate surface area is 222 Å². The van der Waals surface area contributed by atoms with Gasteiger partial charge in [-0.3, -0.25) is 4.79 Å². The summed E-state index contributed by atoms with van der Waals surface area (Å²) < 4.78 is 30.0. The SMILES string of the molecule is COC(=O)O[C@@H](C)CC(N)(Cc1ccc(OC(=O)OCCC(C)C)c(OC(=O)OCCC(C)C)c1)C(=O)O. The first-order chi connectivity index (χ1) is 17.7. The van der Waals surface area contributed by atoms with E-state index in [1.54, 1.807) is 0 Å². The van der Waals surface area contributed by atoms with Crippen LogP contribution in [0.15, 0.2) is 18.2 Å². The summed E-state index contributed by atoms with van der Waals surface area (Å²) >= 11 is 0. The van der Waals surface area contributed by atoms with Crippen molar-refractivity contribution in [3.05, 3.63) is 23.8 Å². The van der Waals surface area contributed by atoms with Crippen molar-refractivity contribution >= 4 is 24.4 Å². The number of carboxylic acid groups (broad SMARTS) is 1. The van der Waals surface area contributed by atoms with E-state index in [9.17, 15) is 24.3 Å². The molecule has 0 aliphatic rings. The number of carboxylic acids is 1. The summed E-state index contributed by atoms with van der Waals surface area (Å²) in [5.74, 6) is -1.06. The lowest BCUT2D eigenvalue weighted by Crippen LogP contribution is -2.52. The monoisotopic (exact) mass is 541 g/mol. The van der Waals surface area contributed by atoms with Gasteiger partial charge in [0.15, 0.2) is 11.5 Å². The second-order valence-electron chi connectivity index (χ2n) is 9.77. The van der Waals surface area contributed by atoms with E-state index in [-0.39, 0.29) is 37.6 Å². The molecule has 0 aliphatic carbocycles. The van der Waals surface area contributed by atoms with Crippen LogP contribution in [0.3, 0.4) is 0 Å². The highest BCUT2D eigenvalue weighted by atomic mass is 16.7. The maximum atomic E-state index is 12.3. The van der Waals surface area contributed by atoms with Crippen molar-refractivity contribution in [2.45, 2.75) is 71.9 Å². The normalized spacial score (nSPS) is 13.3. The van der Waals surface area contributed by atoms with Crippen LogP contribution in [0.2, 0.25) is 0 Å². The highest BCUT2D eigenvalue weighted by molar-refractivity contribution is 5.79. The zero-order valence-corrected chi connectivity index (χ0v) is 22.8. The number of rotatable bonds is 14. The van der Waals surface area contributed by atoms with Gasteiger partial charge in [-0.15, -0.1) is 0 Å². The summed E-state index contributed by atoms with van der Waals surface area (Å²) in [6, 6.07) is 4.10. The topological polar surface area (TPSA) is 170 Å². The molecule has 0 spiro atoms. The average Bonchev–Trinajstić information content (AvgIpc) is 2.79. The number of hydrogen-bond acceptors (Lipinski definition) is 11. The molecule has 1 aromatic carbocycles. The maximum Gasteiger partial charge on any atom is 0.513 e. The number of carbonyl (C=O) groups excluding carboxylic acids is 3. The molecule has 38 heavy (non-hydrogen) atoms. The van der Waals surface area contributed by atoms with E-state index in [1.807, 2.05) is 27.7 Å². The van der Waals surface area contributed by atoms with Crippen molar-refractivity contribution in [1.82, 2.24) is 0 Å². The Hall–Kier alpha value is -3.54. The first-order valence-corrected chi connectivity index (χ1v) is 12.3. The summed E-state index contributed by atoms with van der Waals surface area (Å²) in [5.41, 5.74) is 4.64. The van der Waals surface area contributed by atoms with E-state index in [1.165, 1.54) is 25.1 Å². The van der Waals surface area contributed by atoms with Crippen LogP contribution in [0.25, 0.3) is 0 Å². The molecular weight excluding hydrogens is 502 g/mol. The zero-order chi connectivity index (χ0) is 28.9. The molecule has 0 fully saturated rings. The standard InChI is InChI=1S/C26H39NO11/c1-16(2)9-11-34-24(31)37-20-8-7-19(13-21(20)38-25(32)35-12-10-17(3)4)15-26(27,22(28)29)14-18(5)36-23(30)33-6/h7-8,13,16-18H,9-12,14-15,27H2,1-6H3,(H,28,29)/t18-,26?/m0/s1. The van der Waals surface area contributed by atoms with Crippen LogP contribution in [0.4, 0.5) is 14.4 Å². The molecule has 0 aromatic heterocycles. The molecular formula is C26H39NO11. The molecule has 214 valence electrons. The third-order valence-electron chi connectivity index (χ3n) is 5.29. The summed E-state index contributed by atoms with van der Waals surface area (Å²) in [6.45, 7) is 9.61. The number of nitrogens with two attached hydrogens (primary N) is 1. The molecule has 12 heteroatoms. The minimum Gasteiger partial charge on any atom is -0.480 e. The molecule has 12 nitrogen and oxygen atoms in total. The number of methoxy groups -OCH3 is 1. The smallest absolute Gasteiger partial charge is 0.480 e. The van der Waals surface area contributed by atoms with E-state index in [0.717, 1.165) is 7.11 Å². The Morgan fingerprint density at radius 1 is 0.868 bits per heavy atom. The predicted octanol–water partition coefficient (Wildman–Crippen LogP) is 4.70. The van der Waals surface area contributed by atoms with Crippen LogP contribution in [-0.2, 0) is 30.2 Å². The Morgan fingerprint density at radius 3 is 1.87 bits per heavy atom. The molecule has 2 atom stereocenters. The Kier molecular flexibility index (Phi) is 13.4. The Balaban J connectivity index is 3.14. The summed E-state index contributed by atoms with van der Waals surface area (Å²) in [6.07, 6.45) is -3.12. The maximum absolute atomic E-state index is 12.3. The van der Waals surface area contributed by atoms with Crippen LogP contribution in [0, 0.1) is 11.8 Å². The second kappa shape index (κ2) is 15.7. The minimum atomic E-state index is -1.86. The van der Waals surface area contributed by atoms with Gasteiger partial charge in [0, 0.05) is 12.8 Å². The molecule has 1 unspecified atom stereocenters. The average molecular weight is 542 g/mol. The molecule has 1 aromatic rings. The highest BCUT2D eigenvalue weighted by Crippen LogP contribution is 2.31. The van der Waals surface area contributed by atoms with Crippen LogP contribution < -0.4 is 15.2 Å². The fourth-order valence-electron chi connectivity index (χ4n) is 3.19. The summed E-state index contributed by atoms with van der Waals surface area (Å²) in [4.78, 5) is 47.8. The van der Waals surface area contributed by atoms with Crippen molar-refractivity contribution in [2.75, 3.05) is 20.3 Å². The molecule has 0 saturated carbocycles. The summed E-state index contributed by atoms with van der Waals surface area (Å²) in [5, 5.41) is 9.80. The fraction of sp³-hybridized carbons (Fsp3) is 0.615. The van der Waals surface area contributed by atoms with E-state index >= 15 is 0 Å². The first kappa shape index (κ1) is 32.5. The predicted molar refractivity (Wildman–Crippen MR) is 135 cm³/mol. The Bertz CT molecular complexity index is 947. The molecule has 3 N–H and O–H groups in total. The van der Waals surface area contributed by atoms with Gasteiger partial charge < -0.3 is 39.3 Å². The van der Waals surface area contributed by atoms with Gasteiger partial charge in [-0.2, -0.15) is 0 Å². The minimum absolute atomic E-state index is 0.118. The van der Waals surface area contributed by atoms with E-state index in [4.69, 9.17) is 29.4 Å². The third-order valence-corrected chi connectivity index (χ3v) is 5.29. The van der Waals surface area contributed by atoms with Crippen LogP contribution >= 0.6 is 0 Å². The lowest BCUT2D eigenvalue weighted by Gasteiger charge is -2.27. The molecule has 0 radical (unpaired) electrons. The van der Waals surface area contributed by atoms with Gasteiger partial charge in [-0.25, -0.2) is 14.4 Å². The van der Waals surface area contributed by atoms with E-state index < -0.39 is 36.1 Å². The number of carbonyl (C=O) groups is 4. The van der Waals surface area contributed by atoms with Crippen LogP contribution in [0.1, 0.15) is 59.4 Å². The van der Waals surface area contributed by atoms with Crippen molar-refractivity contribution in [3.8, 4) is 11.5 Å². The molecule has 0 aliphatic heterocycles. The largest absolute Gasteiger partial charge is 0.513 e. The van der Waals surface area contributed by atoms with Gasteiger partial charge in [0.05, 0.1) is 20.3 Å².